The van der Waals surface area contributed by atoms with Crippen molar-refractivity contribution in [2.45, 2.75) is 75.6 Å². The number of benzene rings is 1. The fraction of sp³-hybridized carbons (Fsp3) is 0.500. The Hall–Kier alpha value is -3.58. The highest BCUT2D eigenvalue weighted by molar-refractivity contribution is 5.94. The number of alkyl halides is 6. The van der Waals surface area contributed by atoms with E-state index in [1.165, 1.54) is 26.1 Å². The van der Waals surface area contributed by atoms with Gasteiger partial charge in [0.2, 0.25) is 0 Å². The standard InChI is InChI=1S/C26H27F7N4O3/c1-24(2,40-20-9-15(26(31,32)33)4-7-19(20)27)23(39)36-16-10-17-5-6-18(11-16)37(17)21-8-3-14(12-34-21)22(38)35-13-25(28,29)30/h3-4,7-9,12,16-18H,5-6,10-11,13H2,1-2H3,(H,35,38)(H,36,39)/t16?,17-,18+. The van der Waals surface area contributed by atoms with Gasteiger partial charge in [0, 0.05) is 24.3 Å². The van der Waals surface area contributed by atoms with Gasteiger partial charge in [0.25, 0.3) is 11.8 Å². The lowest BCUT2D eigenvalue weighted by Crippen LogP contribution is -2.55. The lowest BCUT2D eigenvalue weighted by atomic mass is 9.96. The van der Waals surface area contributed by atoms with Crippen LogP contribution in [0, 0.1) is 5.82 Å². The van der Waals surface area contributed by atoms with Crippen molar-refractivity contribution in [2.24, 2.45) is 0 Å². The second-order valence-electron chi connectivity index (χ2n) is 10.4. The van der Waals surface area contributed by atoms with Crippen LogP contribution in [-0.4, -0.2) is 53.2 Å². The maximum absolute atomic E-state index is 14.2. The molecule has 2 saturated heterocycles. The van der Waals surface area contributed by atoms with E-state index in [1.807, 2.05) is 0 Å². The predicted octanol–water partition coefficient (Wildman–Crippen LogP) is 5.01. The average molecular weight is 577 g/mol. The van der Waals surface area contributed by atoms with E-state index in [4.69, 9.17) is 4.74 Å². The zero-order valence-electron chi connectivity index (χ0n) is 21.5. The second-order valence-corrected chi connectivity index (χ2v) is 10.4. The van der Waals surface area contributed by atoms with Gasteiger partial charge in [-0.1, -0.05) is 0 Å². The monoisotopic (exact) mass is 576 g/mol. The number of carbonyl (C=O) groups is 2. The van der Waals surface area contributed by atoms with Gasteiger partial charge in [-0.15, -0.1) is 0 Å². The number of fused-ring (bicyclic) bond motifs is 2. The maximum Gasteiger partial charge on any atom is 0.416 e. The second kappa shape index (κ2) is 10.8. The highest BCUT2D eigenvalue weighted by Crippen LogP contribution is 2.39. The van der Waals surface area contributed by atoms with Gasteiger partial charge in [0.1, 0.15) is 12.4 Å². The number of nitrogens with zero attached hydrogens (tertiary/aromatic N) is 2. The van der Waals surface area contributed by atoms with Gasteiger partial charge < -0.3 is 20.3 Å². The molecule has 7 nitrogen and oxygen atoms in total. The van der Waals surface area contributed by atoms with E-state index in [1.54, 1.807) is 11.4 Å². The molecular formula is C26H27F7N4O3. The summed E-state index contributed by atoms with van der Waals surface area (Å²) in [5, 5.41) is 4.66. The summed E-state index contributed by atoms with van der Waals surface area (Å²) >= 11 is 0. The largest absolute Gasteiger partial charge is 0.475 e. The van der Waals surface area contributed by atoms with Crippen LogP contribution in [0.5, 0.6) is 5.75 Å². The molecule has 1 unspecified atom stereocenters. The van der Waals surface area contributed by atoms with Crippen LogP contribution < -0.4 is 20.3 Å². The van der Waals surface area contributed by atoms with Crippen LogP contribution in [0.25, 0.3) is 0 Å². The summed E-state index contributed by atoms with van der Waals surface area (Å²) < 4.78 is 95.7. The molecule has 2 aliphatic rings. The average Bonchev–Trinajstić information content (AvgIpc) is 3.12. The van der Waals surface area contributed by atoms with Gasteiger partial charge in [-0.05, 0) is 69.9 Å². The van der Waals surface area contributed by atoms with E-state index >= 15 is 0 Å². The number of carbonyl (C=O) groups excluding carboxylic acids is 2. The first-order valence-electron chi connectivity index (χ1n) is 12.5. The number of ether oxygens (including phenoxy) is 1. The molecule has 14 heteroatoms. The Kier molecular flexibility index (Phi) is 7.92. The highest BCUT2D eigenvalue weighted by Gasteiger charge is 2.43. The van der Waals surface area contributed by atoms with Crippen LogP contribution in [0.15, 0.2) is 36.5 Å². The van der Waals surface area contributed by atoms with E-state index in [0.717, 1.165) is 12.8 Å². The van der Waals surface area contributed by atoms with Gasteiger partial charge in [-0.25, -0.2) is 9.37 Å². The molecule has 0 aliphatic carbocycles. The molecular weight excluding hydrogens is 549 g/mol. The van der Waals surface area contributed by atoms with E-state index in [9.17, 15) is 40.3 Å². The van der Waals surface area contributed by atoms with Crippen LogP contribution >= 0.6 is 0 Å². The van der Waals surface area contributed by atoms with Crippen molar-refractivity contribution in [3.05, 3.63) is 53.5 Å². The summed E-state index contributed by atoms with van der Waals surface area (Å²) in [4.78, 5) is 31.3. The number of hydrogen-bond acceptors (Lipinski definition) is 5. The van der Waals surface area contributed by atoms with Crippen molar-refractivity contribution in [1.82, 2.24) is 15.6 Å². The maximum atomic E-state index is 14.2. The Morgan fingerprint density at radius 3 is 2.23 bits per heavy atom. The number of amides is 2. The Morgan fingerprint density at radius 1 is 1.02 bits per heavy atom. The topological polar surface area (TPSA) is 83.6 Å². The molecule has 218 valence electrons. The molecule has 3 atom stereocenters. The lowest BCUT2D eigenvalue weighted by Gasteiger charge is -2.40. The molecule has 2 bridgehead atoms. The number of nitrogens with one attached hydrogen (secondary N) is 2. The quantitative estimate of drug-likeness (QED) is 0.454. The van der Waals surface area contributed by atoms with Gasteiger partial charge in [-0.2, -0.15) is 26.3 Å². The van der Waals surface area contributed by atoms with Crippen molar-refractivity contribution in [1.29, 1.82) is 0 Å². The smallest absolute Gasteiger partial charge is 0.416 e. The summed E-state index contributed by atoms with van der Waals surface area (Å²) in [6, 6.07) is 4.36. The van der Waals surface area contributed by atoms with Gasteiger partial charge in [0.05, 0.1) is 11.1 Å². The zero-order valence-corrected chi connectivity index (χ0v) is 21.5. The van der Waals surface area contributed by atoms with Crippen molar-refractivity contribution in [3.8, 4) is 5.75 Å². The normalized spacial score (nSPS) is 21.2. The molecule has 1 aromatic heterocycles. The zero-order chi connectivity index (χ0) is 29.5. The van der Waals surface area contributed by atoms with E-state index in [0.29, 0.717) is 36.9 Å². The SMILES string of the molecule is CC(C)(Oc1cc(C(F)(F)F)ccc1F)C(=O)NC1C[C@H]2CC[C@@H](C1)N2c1ccc(C(=O)NCC(F)(F)F)cn1. The molecule has 0 radical (unpaired) electrons. The first-order valence-corrected chi connectivity index (χ1v) is 12.5. The van der Waals surface area contributed by atoms with Crippen LogP contribution in [0.3, 0.4) is 0 Å². The Balaban J connectivity index is 1.37. The number of rotatable bonds is 7. The minimum absolute atomic E-state index is 0.0121. The molecule has 2 aliphatic heterocycles. The first-order chi connectivity index (χ1) is 18.5. The van der Waals surface area contributed by atoms with E-state index in [-0.39, 0.29) is 23.7 Å². The third kappa shape index (κ3) is 6.76. The molecule has 0 spiro atoms. The molecule has 4 rings (SSSR count). The number of aromatic nitrogens is 1. The fourth-order valence-electron chi connectivity index (χ4n) is 5.06. The number of hydrogen-bond donors (Lipinski definition) is 2. The van der Waals surface area contributed by atoms with Crippen molar-refractivity contribution >= 4 is 17.6 Å². The molecule has 3 heterocycles. The molecule has 2 N–H and O–H groups in total. The number of anilines is 1. The summed E-state index contributed by atoms with van der Waals surface area (Å²) in [5.41, 5.74) is -2.79. The van der Waals surface area contributed by atoms with Gasteiger partial charge >= 0.3 is 12.4 Å². The Labute approximate surface area is 225 Å². The van der Waals surface area contributed by atoms with Crippen molar-refractivity contribution < 1.29 is 45.1 Å². The molecule has 2 aromatic rings. The van der Waals surface area contributed by atoms with Crippen LogP contribution in [-0.2, 0) is 11.0 Å². The number of pyridine rings is 1. The van der Waals surface area contributed by atoms with Gasteiger partial charge in [-0.3, -0.25) is 9.59 Å². The molecule has 2 amide bonds. The summed E-state index contributed by atoms with van der Waals surface area (Å²) in [7, 11) is 0. The van der Waals surface area contributed by atoms with Crippen LogP contribution in [0.1, 0.15) is 55.5 Å². The summed E-state index contributed by atoms with van der Waals surface area (Å²) in [5.74, 6) is -2.68. The van der Waals surface area contributed by atoms with Gasteiger partial charge in [0.15, 0.2) is 17.2 Å². The van der Waals surface area contributed by atoms with Crippen molar-refractivity contribution in [2.75, 3.05) is 11.4 Å². The highest BCUT2D eigenvalue weighted by atomic mass is 19.4. The van der Waals surface area contributed by atoms with E-state index < -0.39 is 53.4 Å². The number of halogens is 7. The summed E-state index contributed by atoms with van der Waals surface area (Å²) in [6.45, 7) is 1.22. The summed E-state index contributed by atoms with van der Waals surface area (Å²) in [6.07, 6.45) is -5.40. The van der Waals surface area contributed by atoms with E-state index in [2.05, 4.69) is 15.2 Å². The Morgan fingerprint density at radius 2 is 1.68 bits per heavy atom. The Bertz CT molecular complexity index is 1230. The molecule has 2 fully saturated rings. The van der Waals surface area contributed by atoms with Crippen LogP contribution in [0.2, 0.25) is 0 Å². The predicted molar refractivity (Wildman–Crippen MR) is 129 cm³/mol. The minimum Gasteiger partial charge on any atom is -0.475 e. The molecule has 40 heavy (non-hydrogen) atoms. The van der Waals surface area contributed by atoms with Crippen LogP contribution in [0.4, 0.5) is 36.6 Å². The minimum atomic E-state index is -4.71. The molecule has 0 saturated carbocycles. The third-order valence-electron chi connectivity index (χ3n) is 6.96. The third-order valence-corrected chi connectivity index (χ3v) is 6.96. The van der Waals surface area contributed by atoms with Crippen molar-refractivity contribution in [3.63, 3.8) is 0 Å². The first kappa shape index (κ1) is 29.4. The fourth-order valence-corrected chi connectivity index (χ4v) is 5.06. The molecule has 1 aromatic carbocycles. The number of piperidine rings is 1. The lowest BCUT2D eigenvalue weighted by molar-refractivity contribution is -0.138.